The Morgan fingerprint density at radius 2 is 2.05 bits per heavy atom. The molecule has 1 amide bonds. The number of carbonyl (C=O) groups excluding carboxylic acids is 1. The van der Waals surface area contributed by atoms with Crippen LogP contribution in [0.15, 0.2) is 55.1 Å². The van der Waals surface area contributed by atoms with E-state index in [2.05, 4.69) is 6.58 Å². The first-order chi connectivity index (χ1) is 10.7. The Morgan fingerprint density at radius 1 is 1.27 bits per heavy atom. The normalized spacial score (nSPS) is 12.0. The van der Waals surface area contributed by atoms with Crippen molar-refractivity contribution >= 4 is 23.2 Å². The van der Waals surface area contributed by atoms with Crippen molar-refractivity contribution in [2.75, 3.05) is 18.2 Å². The molecule has 0 saturated heterocycles. The van der Waals surface area contributed by atoms with Gasteiger partial charge in [0.25, 0.3) is 5.91 Å². The largest absolute Gasteiger partial charge is 0.454 e. The highest BCUT2D eigenvalue weighted by atomic mass is 35.5. The third kappa shape index (κ3) is 2.65. The van der Waals surface area contributed by atoms with Gasteiger partial charge in [-0.25, -0.2) is 0 Å². The Morgan fingerprint density at radius 3 is 2.77 bits per heavy atom. The van der Waals surface area contributed by atoms with Crippen LogP contribution < -0.4 is 14.4 Å². The number of fused-ring (bicyclic) bond motifs is 1. The molecule has 112 valence electrons. The summed E-state index contributed by atoms with van der Waals surface area (Å²) in [5, 5.41) is 0.366. The van der Waals surface area contributed by atoms with E-state index in [9.17, 15) is 4.79 Å². The monoisotopic (exact) mass is 315 g/mol. The third-order valence-corrected chi connectivity index (χ3v) is 3.58. The maximum atomic E-state index is 12.8. The molecule has 0 radical (unpaired) electrons. The van der Waals surface area contributed by atoms with Crippen molar-refractivity contribution < 1.29 is 14.3 Å². The molecule has 1 aliphatic rings. The molecule has 0 aliphatic carbocycles. The second-order valence-corrected chi connectivity index (χ2v) is 5.14. The van der Waals surface area contributed by atoms with Crippen LogP contribution in [-0.2, 0) is 0 Å². The van der Waals surface area contributed by atoms with Crippen molar-refractivity contribution in [3.05, 3.63) is 65.7 Å². The second-order valence-electron chi connectivity index (χ2n) is 4.73. The average molecular weight is 316 g/mol. The van der Waals surface area contributed by atoms with Crippen LogP contribution in [0.1, 0.15) is 10.4 Å². The Kier molecular flexibility index (Phi) is 4.02. The molecule has 0 fully saturated rings. The SMILES string of the molecule is C=CCN(C(=O)c1cc(Cl)c2c(c1)OCO2)c1ccccc1. The molecule has 0 atom stereocenters. The van der Waals surface area contributed by atoms with Gasteiger partial charge in [0.1, 0.15) is 0 Å². The lowest BCUT2D eigenvalue weighted by Gasteiger charge is -2.21. The maximum Gasteiger partial charge on any atom is 0.258 e. The molecule has 22 heavy (non-hydrogen) atoms. The van der Waals surface area contributed by atoms with Gasteiger partial charge < -0.3 is 14.4 Å². The highest BCUT2D eigenvalue weighted by Gasteiger charge is 2.23. The fourth-order valence-corrected chi connectivity index (χ4v) is 2.55. The number of amides is 1. The van der Waals surface area contributed by atoms with Crippen LogP contribution in [0.4, 0.5) is 5.69 Å². The molecule has 0 aromatic heterocycles. The highest BCUT2D eigenvalue weighted by molar-refractivity contribution is 6.33. The number of anilines is 1. The van der Waals surface area contributed by atoms with Gasteiger partial charge in [-0.3, -0.25) is 4.79 Å². The summed E-state index contributed by atoms with van der Waals surface area (Å²) in [5.74, 6) is 0.793. The number of ether oxygens (including phenoxy) is 2. The number of para-hydroxylation sites is 1. The number of benzene rings is 2. The summed E-state index contributed by atoms with van der Waals surface area (Å²) < 4.78 is 10.6. The average Bonchev–Trinajstić information content (AvgIpc) is 3.02. The first-order valence-corrected chi connectivity index (χ1v) is 7.15. The summed E-state index contributed by atoms with van der Waals surface area (Å²) in [6.45, 7) is 4.22. The maximum absolute atomic E-state index is 12.8. The fourth-order valence-electron chi connectivity index (χ4n) is 2.29. The second kappa shape index (κ2) is 6.12. The number of hydrogen-bond donors (Lipinski definition) is 0. The van der Waals surface area contributed by atoms with Crippen molar-refractivity contribution in [1.29, 1.82) is 0 Å². The Hall–Kier alpha value is -2.46. The van der Waals surface area contributed by atoms with E-state index in [4.69, 9.17) is 21.1 Å². The first kappa shape index (κ1) is 14.5. The predicted molar refractivity (Wildman–Crippen MR) is 85.9 cm³/mol. The number of hydrogen-bond acceptors (Lipinski definition) is 3. The van der Waals surface area contributed by atoms with Crippen molar-refractivity contribution in [3.63, 3.8) is 0 Å². The molecule has 2 aromatic rings. The molecular formula is C17H14ClNO3. The Labute approximate surface area is 133 Å². The molecule has 1 heterocycles. The number of carbonyl (C=O) groups is 1. The van der Waals surface area contributed by atoms with Gasteiger partial charge in [-0.1, -0.05) is 35.9 Å². The Bertz CT molecular complexity index is 715. The summed E-state index contributed by atoms with van der Waals surface area (Å²) in [7, 11) is 0. The molecular weight excluding hydrogens is 302 g/mol. The molecule has 0 saturated carbocycles. The van der Waals surface area contributed by atoms with E-state index in [1.54, 1.807) is 23.1 Å². The minimum Gasteiger partial charge on any atom is -0.454 e. The predicted octanol–water partition coefficient (Wildman–Crippen LogP) is 3.90. The van der Waals surface area contributed by atoms with Crippen molar-refractivity contribution in [2.45, 2.75) is 0 Å². The summed E-state index contributed by atoms with van der Waals surface area (Å²) in [4.78, 5) is 14.4. The lowest BCUT2D eigenvalue weighted by atomic mass is 10.1. The summed E-state index contributed by atoms with van der Waals surface area (Å²) in [5.41, 5.74) is 1.24. The van der Waals surface area contributed by atoms with Crippen LogP contribution in [0.25, 0.3) is 0 Å². The molecule has 5 heteroatoms. The van der Waals surface area contributed by atoms with Gasteiger partial charge in [0.2, 0.25) is 6.79 Å². The highest BCUT2D eigenvalue weighted by Crippen LogP contribution is 2.40. The van der Waals surface area contributed by atoms with Crippen LogP contribution in [0.3, 0.4) is 0 Å². The third-order valence-electron chi connectivity index (χ3n) is 3.30. The van der Waals surface area contributed by atoms with Crippen LogP contribution in [0, 0.1) is 0 Å². The van der Waals surface area contributed by atoms with E-state index in [1.807, 2.05) is 30.3 Å². The van der Waals surface area contributed by atoms with Gasteiger partial charge in [-0.2, -0.15) is 0 Å². The standard InChI is InChI=1S/C17H14ClNO3/c1-2-8-19(13-6-4-3-5-7-13)17(20)12-9-14(18)16-15(10-12)21-11-22-16/h2-7,9-10H,1,8,11H2. The van der Waals surface area contributed by atoms with Gasteiger partial charge in [-0.15, -0.1) is 6.58 Å². The molecule has 0 N–H and O–H groups in total. The summed E-state index contributed by atoms with van der Waals surface area (Å²) >= 11 is 6.15. The fraction of sp³-hybridized carbons (Fsp3) is 0.118. The first-order valence-electron chi connectivity index (χ1n) is 6.77. The van der Waals surface area contributed by atoms with Gasteiger partial charge in [-0.05, 0) is 24.3 Å². The van der Waals surface area contributed by atoms with E-state index in [0.29, 0.717) is 28.6 Å². The zero-order valence-corrected chi connectivity index (χ0v) is 12.5. The summed E-state index contributed by atoms with van der Waals surface area (Å²) in [6, 6.07) is 12.6. The molecule has 3 rings (SSSR count). The number of rotatable bonds is 4. The molecule has 0 spiro atoms. The van der Waals surface area contributed by atoms with Gasteiger partial charge in [0.05, 0.1) is 5.02 Å². The van der Waals surface area contributed by atoms with E-state index in [0.717, 1.165) is 5.69 Å². The van der Waals surface area contributed by atoms with Crippen molar-refractivity contribution in [1.82, 2.24) is 0 Å². The van der Waals surface area contributed by atoms with Crippen molar-refractivity contribution in [3.8, 4) is 11.5 Å². The number of halogens is 1. The zero-order chi connectivity index (χ0) is 15.5. The van der Waals surface area contributed by atoms with Crippen LogP contribution in [0.2, 0.25) is 5.02 Å². The smallest absolute Gasteiger partial charge is 0.258 e. The minimum absolute atomic E-state index is 0.113. The van der Waals surface area contributed by atoms with Gasteiger partial charge in [0, 0.05) is 17.8 Å². The van der Waals surface area contributed by atoms with E-state index >= 15 is 0 Å². The van der Waals surface area contributed by atoms with Crippen LogP contribution >= 0.6 is 11.6 Å². The van der Waals surface area contributed by atoms with E-state index in [1.165, 1.54) is 0 Å². The van der Waals surface area contributed by atoms with Crippen LogP contribution in [0.5, 0.6) is 11.5 Å². The number of nitrogens with zero attached hydrogens (tertiary/aromatic N) is 1. The molecule has 0 bridgehead atoms. The molecule has 0 unspecified atom stereocenters. The topological polar surface area (TPSA) is 38.8 Å². The quantitative estimate of drug-likeness (QED) is 0.803. The molecule has 1 aliphatic heterocycles. The van der Waals surface area contributed by atoms with Crippen molar-refractivity contribution in [2.24, 2.45) is 0 Å². The lowest BCUT2D eigenvalue weighted by molar-refractivity contribution is 0.0989. The minimum atomic E-state index is -0.175. The lowest BCUT2D eigenvalue weighted by Crippen LogP contribution is -2.31. The zero-order valence-electron chi connectivity index (χ0n) is 11.8. The summed E-state index contributed by atoms with van der Waals surface area (Å²) in [6.07, 6.45) is 1.68. The Balaban J connectivity index is 1.97. The molecule has 4 nitrogen and oxygen atoms in total. The van der Waals surface area contributed by atoms with Gasteiger partial charge >= 0.3 is 0 Å². The molecule has 2 aromatic carbocycles. The van der Waals surface area contributed by atoms with Crippen LogP contribution in [-0.4, -0.2) is 19.2 Å². The van der Waals surface area contributed by atoms with E-state index in [-0.39, 0.29) is 12.7 Å². The van der Waals surface area contributed by atoms with E-state index < -0.39 is 0 Å². The van der Waals surface area contributed by atoms with Gasteiger partial charge in [0.15, 0.2) is 11.5 Å².